The van der Waals surface area contributed by atoms with E-state index in [9.17, 15) is 19.5 Å². The van der Waals surface area contributed by atoms with E-state index in [1.165, 1.54) is 0 Å². The molecule has 2 fully saturated rings. The fourth-order valence-electron chi connectivity index (χ4n) is 4.81. The Labute approximate surface area is 193 Å². The molecule has 0 aromatic heterocycles. The molecule has 2 N–H and O–H groups in total. The molecule has 1 saturated carbocycles. The third-order valence-corrected chi connectivity index (χ3v) is 6.48. The van der Waals surface area contributed by atoms with E-state index in [1.54, 1.807) is 4.90 Å². The van der Waals surface area contributed by atoms with E-state index in [-0.39, 0.29) is 24.4 Å². The minimum atomic E-state index is -0.947. The highest BCUT2D eigenvalue weighted by atomic mass is 16.5. The van der Waals surface area contributed by atoms with Gasteiger partial charge in [0, 0.05) is 24.6 Å². The van der Waals surface area contributed by atoms with Crippen molar-refractivity contribution in [2.24, 2.45) is 4.99 Å². The number of aliphatic imine (C=N–C) groups is 1. The Kier molecular flexibility index (Phi) is 7.47. The molecule has 3 aliphatic rings. The largest absolute Gasteiger partial charge is 0.491 e. The number of carbonyl (C=O) groups is 3. The van der Waals surface area contributed by atoms with Gasteiger partial charge in [-0.3, -0.25) is 19.7 Å². The molecule has 4 rings (SSSR count). The maximum absolute atomic E-state index is 12.7. The fourth-order valence-corrected chi connectivity index (χ4v) is 4.81. The number of para-hydroxylation sites is 1. The highest BCUT2D eigenvalue weighted by molar-refractivity contribution is 6.06. The fraction of sp³-hybridized carbons (Fsp3) is 0.583. The molecule has 9 nitrogen and oxygen atoms in total. The first-order chi connectivity index (χ1) is 16.0. The van der Waals surface area contributed by atoms with Gasteiger partial charge in [0.2, 0.25) is 17.8 Å². The zero-order valence-electron chi connectivity index (χ0n) is 18.9. The second-order valence-electron chi connectivity index (χ2n) is 8.97. The summed E-state index contributed by atoms with van der Waals surface area (Å²) >= 11 is 0. The molecule has 2 heterocycles. The van der Waals surface area contributed by atoms with Crippen LogP contribution in [-0.2, 0) is 20.9 Å². The van der Waals surface area contributed by atoms with E-state index in [1.807, 2.05) is 23.1 Å². The van der Waals surface area contributed by atoms with Gasteiger partial charge in [-0.1, -0.05) is 31.4 Å². The molecule has 1 aromatic rings. The number of fused-ring (bicyclic) bond motifs is 2. The standard InChI is InChI=1S/C24H32N4O5/c29-20-15-27-14-17-8-7-11-19(23(17)26-24(27)25-20)33-13-6-2-5-12-21(30)28(16-22(31)32)18-9-3-1-4-10-18/h7-8,11,18H,1-6,9-10,12-16H2,(H,31,32)(H,25,26,29). The van der Waals surface area contributed by atoms with Gasteiger partial charge in [-0.2, -0.15) is 0 Å². The lowest BCUT2D eigenvalue weighted by Gasteiger charge is -2.33. The lowest BCUT2D eigenvalue weighted by Crippen LogP contribution is -2.44. The number of nitrogens with zero attached hydrogens (tertiary/aromatic N) is 3. The van der Waals surface area contributed by atoms with E-state index >= 15 is 0 Å². The number of rotatable bonds is 10. The third kappa shape index (κ3) is 5.83. The molecular formula is C24H32N4O5. The maximum Gasteiger partial charge on any atom is 0.323 e. The minimum Gasteiger partial charge on any atom is -0.491 e. The van der Waals surface area contributed by atoms with Crippen molar-refractivity contribution >= 4 is 29.4 Å². The van der Waals surface area contributed by atoms with E-state index in [4.69, 9.17) is 4.74 Å². The predicted molar refractivity (Wildman–Crippen MR) is 122 cm³/mol. The molecular weight excluding hydrogens is 424 g/mol. The van der Waals surface area contributed by atoms with Crippen LogP contribution in [0.15, 0.2) is 23.2 Å². The summed E-state index contributed by atoms with van der Waals surface area (Å²) in [6.07, 6.45) is 7.78. The van der Waals surface area contributed by atoms with Gasteiger partial charge in [-0.15, -0.1) is 0 Å². The Morgan fingerprint density at radius 1 is 1.15 bits per heavy atom. The lowest BCUT2D eigenvalue weighted by molar-refractivity contribution is -0.146. The van der Waals surface area contributed by atoms with Crippen molar-refractivity contribution in [3.8, 4) is 5.75 Å². The van der Waals surface area contributed by atoms with Crippen LogP contribution >= 0.6 is 0 Å². The molecule has 0 unspecified atom stereocenters. The summed E-state index contributed by atoms with van der Waals surface area (Å²) in [5.41, 5.74) is 1.79. The van der Waals surface area contributed by atoms with Crippen LogP contribution in [0.25, 0.3) is 0 Å². The van der Waals surface area contributed by atoms with Gasteiger partial charge in [0.15, 0.2) is 0 Å². The molecule has 1 saturated heterocycles. The molecule has 2 amide bonds. The van der Waals surface area contributed by atoms with Gasteiger partial charge < -0.3 is 19.6 Å². The average Bonchev–Trinajstić information content (AvgIpc) is 3.17. The molecule has 1 aliphatic carbocycles. The number of carboxylic acid groups (broad SMARTS) is 1. The Hall–Kier alpha value is -3.10. The highest BCUT2D eigenvalue weighted by Crippen LogP contribution is 2.36. The van der Waals surface area contributed by atoms with Gasteiger partial charge in [-0.05, 0) is 38.2 Å². The number of amides is 2. The number of hydrogen-bond acceptors (Lipinski definition) is 6. The third-order valence-electron chi connectivity index (χ3n) is 6.48. The number of unbranched alkanes of at least 4 members (excludes halogenated alkanes) is 2. The zero-order chi connectivity index (χ0) is 23.2. The van der Waals surface area contributed by atoms with Gasteiger partial charge in [0.25, 0.3) is 0 Å². The molecule has 178 valence electrons. The summed E-state index contributed by atoms with van der Waals surface area (Å²) in [7, 11) is 0. The number of ether oxygens (including phenoxy) is 1. The molecule has 0 atom stereocenters. The van der Waals surface area contributed by atoms with E-state index in [0.717, 1.165) is 56.2 Å². The van der Waals surface area contributed by atoms with Crippen molar-refractivity contribution in [3.63, 3.8) is 0 Å². The number of aliphatic carboxylic acids is 1. The van der Waals surface area contributed by atoms with Crippen molar-refractivity contribution in [1.82, 2.24) is 15.1 Å². The van der Waals surface area contributed by atoms with Crippen LogP contribution in [0.3, 0.4) is 0 Å². The highest BCUT2D eigenvalue weighted by Gasteiger charge is 2.30. The lowest BCUT2D eigenvalue weighted by atomic mass is 9.94. The van der Waals surface area contributed by atoms with Crippen molar-refractivity contribution in [2.75, 3.05) is 19.7 Å². The first-order valence-corrected chi connectivity index (χ1v) is 11.9. The van der Waals surface area contributed by atoms with Crippen LogP contribution in [0.1, 0.15) is 63.4 Å². The number of carboxylic acids is 1. The smallest absolute Gasteiger partial charge is 0.323 e. The Morgan fingerprint density at radius 2 is 1.97 bits per heavy atom. The van der Waals surface area contributed by atoms with Crippen LogP contribution in [0.5, 0.6) is 5.75 Å². The molecule has 33 heavy (non-hydrogen) atoms. The molecule has 2 aliphatic heterocycles. The summed E-state index contributed by atoms with van der Waals surface area (Å²) in [6.45, 7) is 1.26. The van der Waals surface area contributed by atoms with E-state index in [2.05, 4.69) is 10.3 Å². The normalized spacial score (nSPS) is 17.6. The van der Waals surface area contributed by atoms with Crippen LogP contribution in [0, 0.1) is 0 Å². The second kappa shape index (κ2) is 10.7. The van der Waals surface area contributed by atoms with Crippen LogP contribution in [0.2, 0.25) is 0 Å². The SMILES string of the molecule is O=C(O)CN(C(=O)CCCCCOc1cccc2c1N=C1NC(=O)CN1C2)C1CCCCC1. The summed E-state index contributed by atoms with van der Waals surface area (Å²) in [5, 5.41) is 12.0. The Bertz CT molecular complexity index is 925. The van der Waals surface area contributed by atoms with Crippen LogP contribution < -0.4 is 10.1 Å². The summed E-state index contributed by atoms with van der Waals surface area (Å²) in [6, 6.07) is 5.87. The molecule has 1 aromatic carbocycles. The molecule has 0 radical (unpaired) electrons. The zero-order valence-corrected chi connectivity index (χ0v) is 18.9. The number of guanidine groups is 1. The number of benzene rings is 1. The van der Waals surface area contributed by atoms with Crippen molar-refractivity contribution in [3.05, 3.63) is 23.8 Å². The van der Waals surface area contributed by atoms with Crippen molar-refractivity contribution in [1.29, 1.82) is 0 Å². The van der Waals surface area contributed by atoms with Gasteiger partial charge in [0.1, 0.15) is 24.5 Å². The van der Waals surface area contributed by atoms with E-state index in [0.29, 0.717) is 44.2 Å². The van der Waals surface area contributed by atoms with Crippen LogP contribution in [-0.4, -0.2) is 64.4 Å². The van der Waals surface area contributed by atoms with Gasteiger partial charge >= 0.3 is 5.97 Å². The summed E-state index contributed by atoms with van der Waals surface area (Å²) in [5.74, 6) is 0.218. The number of hydrogen-bond donors (Lipinski definition) is 2. The van der Waals surface area contributed by atoms with Crippen molar-refractivity contribution < 1.29 is 24.2 Å². The maximum atomic E-state index is 12.7. The van der Waals surface area contributed by atoms with Crippen molar-refractivity contribution in [2.45, 2.75) is 70.4 Å². The van der Waals surface area contributed by atoms with Gasteiger partial charge in [-0.25, -0.2) is 4.99 Å². The van der Waals surface area contributed by atoms with E-state index < -0.39 is 5.97 Å². The first-order valence-electron chi connectivity index (χ1n) is 11.9. The predicted octanol–water partition coefficient (Wildman–Crippen LogP) is 2.80. The van der Waals surface area contributed by atoms with Gasteiger partial charge in [0.05, 0.1) is 6.61 Å². The Balaban J connectivity index is 1.22. The Morgan fingerprint density at radius 3 is 2.76 bits per heavy atom. The minimum absolute atomic E-state index is 0.0519. The monoisotopic (exact) mass is 456 g/mol. The number of carbonyl (C=O) groups excluding carboxylic acids is 2. The first kappa shape index (κ1) is 23.1. The molecule has 0 spiro atoms. The molecule has 9 heteroatoms. The quantitative estimate of drug-likeness (QED) is 0.524. The van der Waals surface area contributed by atoms with Crippen LogP contribution in [0.4, 0.5) is 5.69 Å². The second-order valence-corrected chi connectivity index (χ2v) is 8.97. The topological polar surface area (TPSA) is 112 Å². The number of nitrogens with one attached hydrogen (secondary N) is 1. The average molecular weight is 457 g/mol. The molecule has 0 bridgehead atoms. The summed E-state index contributed by atoms with van der Waals surface area (Å²) in [4.78, 5) is 43.6. The summed E-state index contributed by atoms with van der Waals surface area (Å²) < 4.78 is 5.97.